The number of fused-ring (bicyclic) bond motifs is 1. The van der Waals surface area contributed by atoms with E-state index < -0.39 is 0 Å². The molecule has 0 saturated heterocycles. The molecular formula is C6H5N3O. The van der Waals surface area contributed by atoms with E-state index in [2.05, 4.69) is 9.97 Å². The zero-order valence-corrected chi connectivity index (χ0v) is 5.11. The highest BCUT2D eigenvalue weighted by molar-refractivity contribution is 5.73. The van der Waals surface area contributed by atoms with Gasteiger partial charge in [-0.25, -0.2) is 4.73 Å². The number of nitrogens with zero attached hydrogens (tertiary/aromatic N) is 2. The minimum Gasteiger partial charge on any atom is -0.710 e. The van der Waals surface area contributed by atoms with E-state index in [-0.39, 0.29) is 0 Å². The van der Waals surface area contributed by atoms with Crippen LogP contribution in [-0.4, -0.2) is 9.97 Å². The van der Waals surface area contributed by atoms with E-state index in [9.17, 15) is 5.21 Å². The minimum absolute atomic E-state index is 0.620. The predicted octanol–water partition coefficient (Wildman–Crippen LogP) is 0.196. The minimum atomic E-state index is 0.620. The monoisotopic (exact) mass is 135 g/mol. The number of H-pyrrole nitrogens is 1. The van der Waals surface area contributed by atoms with E-state index in [4.69, 9.17) is 0 Å². The van der Waals surface area contributed by atoms with E-state index in [1.807, 2.05) is 0 Å². The zero-order valence-electron chi connectivity index (χ0n) is 5.11. The summed E-state index contributed by atoms with van der Waals surface area (Å²) in [5.74, 6) is 0. The van der Waals surface area contributed by atoms with Crippen molar-refractivity contribution in [1.82, 2.24) is 9.97 Å². The molecule has 0 fully saturated rings. The first kappa shape index (κ1) is 5.22. The van der Waals surface area contributed by atoms with Gasteiger partial charge in [-0.05, 0) is 0 Å². The van der Waals surface area contributed by atoms with Crippen molar-refractivity contribution in [2.24, 2.45) is 0 Å². The van der Waals surface area contributed by atoms with Crippen molar-refractivity contribution < 1.29 is 4.73 Å². The van der Waals surface area contributed by atoms with Crippen molar-refractivity contribution >= 4 is 10.9 Å². The fraction of sp³-hybridized carbons (Fsp3) is 0. The lowest BCUT2D eigenvalue weighted by Crippen LogP contribution is -2.26. The van der Waals surface area contributed by atoms with Gasteiger partial charge in [0.25, 0.3) is 6.33 Å². The van der Waals surface area contributed by atoms with Crippen LogP contribution in [0.15, 0.2) is 24.9 Å². The third-order valence-electron chi connectivity index (χ3n) is 1.38. The van der Waals surface area contributed by atoms with Crippen LogP contribution in [0.4, 0.5) is 0 Å². The Morgan fingerprint density at radius 3 is 3.20 bits per heavy atom. The molecule has 2 aromatic heterocycles. The first-order valence-corrected chi connectivity index (χ1v) is 2.87. The van der Waals surface area contributed by atoms with Gasteiger partial charge in [0.15, 0.2) is 11.7 Å². The lowest BCUT2D eigenvalue weighted by atomic mass is 10.4. The van der Waals surface area contributed by atoms with Crippen LogP contribution in [0.2, 0.25) is 0 Å². The molecule has 10 heavy (non-hydrogen) atoms. The highest BCUT2D eigenvalue weighted by atomic mass is 16.5. The van der Waals surface area contributed by atoms with Gasteiger partial charge < -0.3 is 10.2 Å². The molecule has 2 rings (SSSR count). The summed E-state index contributed by atoms with van der Waals surface area (Å²) in [5.41, 5.74) is 0.620. The number of aromatic nitrogens is 3. The molecule has 0 aliphatic rings. The summed E-state index contributed by atoms with van der Waals surface area (Å²) in [7, 11) is 0. The summed E-state index contributed by atoms with van der Waals surface area (Å²) >= 11 is 0. The molecule has 0 amide bonds. The van der Waals surface area contributed by atoms with Crippen molar-refractivity contribution in [2.45, 2.75) is 0 Å². The van der Waals surface area contributed by atoms with Crippen molar-refractivity contribution in [1.29, 1.82) is 0 Å². The van der Waals surface area contributed by atoms with Gasteiger partial charge in [0, 0.05) is 12.4 Å². The maximum absolute atomic E-state index is 10.9. The third-order valence-corrected chi connectivity index (χ3v) is 1.38. The molecule has 2 heterocycles. The molecule has 1 N–H and O–H groups in total. The average molecular weight is 135 g/mol. The molecule has 0 aromatic carbocycles. The van der Waals surface area contributed by atoms with Crippen LogP contribution in [0, 0.1) is 5.21 Å². The number of nitrogens with one attached hydrogen (secondary N) is 1. The van der Waals surface area contributed by atoms with Crippen LogP contribution in [0.5, 0.6) is 0 Å². The Balaban J connectivity index is 2.95. The molecule has 0 bridgehead atoms. The second-order valence-corrected chi connectivity index (χ2v) is 2.02. The molecule has 0 saturated carbocycles. The molecular weight excluding hydrogens is 130 g/mol. The first-order chi connectivity index (χ1) is 4.88. The average Bonchev–Trinajstić information content (AvgIpc) is 2.36. The van der Waals surface area contributed by atoms with Crippen molar-refractivity contribution in [3.05, 3.63) is 30.1 Å². The molecule has 4 heteroatoms. The maximum atomic E-state index is 10.9. The largest absolute Gasteiger partial charge is 0.710 e. The Kier molecular flexibility index (Phi) is 0.887. The van der Waals surface area contributed by atoms with E-state index in [0.717, 1.165) is 10.1 Å². The zero-order chi connectivity index (χ0) is 6.97. The van der Waals surface area contributed by atoms with E-state index in [1.54, 1.807) is 18.6 Å². The van der Waals surface area contributed by atoms with Crippen molar-refractivity contribution in [3.8, 4) is 0 Å². The Morgan fingerprint density at radius 1 is 1.50 bits per heavy atom. The van der Waals surface area contributed by atoms with Gasteiger partial charge in [0.1, 0.15) is 0 Å². The van der Waals surface area contributed by atoms with Crippen LogP contribution >= 0.6 is 0 Å². The van der Waals surface area contributed by atoms with E-state index in [1.165, 1.54) is 6.33 Å². The number of hydrogen-bond acceptors (Lipinski definition) is 2. The predicted molar refractivity (Wildman–Crippen MR) is 35.1 cm³/mol. The molecule has 0 aliphatic heterocycles. The Morgan fingerprint density at radius 2 is 2.40 bits per heavy atom. The topological polar surface area (TPSA) is 55.6 Å². The lowest BCUT2D eigenvalue weighted by molar-refractivity contribution is -0.580. The first-order valence-electron chi connectivity index (χ1n) is 2.87. The Hall–Kier alpha value is -1.58. The number of aromatic amines is 1. The summed E-state index contributed by atoms with van der Waals surface area (Å²) in [6, 6.07) is 0. The second-order valence-electron chi connectivity index (χ2n) is 2.02. The molecule has 2 aromatic rings. The van der Waals surface area contributed by atoms with Gasteiger partial charge in [-0.3, -0.25) is 0 Å². The van der Waals surface area contributed by atoms with Crippen molar-refractivity contribution in [2.75, 3.05) is 0 Å². The number of rotatable bonds is 0. The second kappa shape index (κ2) is 1.70. The lowest BCUT2D eigenvalue weighted by Gasteiger charge is -1.97. The van der Waals surface area contributed by atoms with Gasteiger partial charge in [-0.1, -0.05) is 4.98 Å². The van der Waals surface area contributed by atoms with Crippen LogP contribution in [0.25, 0.3) is 10.9 Å². The molecule has 0 aliphatic carbocycles. The number of hydrogen-bond donors (Lipinski definition) is 1. The Labute approximate surface area is 56.7 Å². The SMILES string of the molecule is [O-][n+]1cncc2c[nH]cc21. The summed E-state index contributed by atoms with van der Waals surface area (Å²) in [6.45, 7) is 0. The van der Waals surface area contributed by atoms with Crippen LogP contribution in [0.1, 0.15) is 0 Å². The van der Waals surface area contributed by atoms with Crippen LogP contribution < -0.4 is 4.73 Å². The smallest absolute Gasteiger partial charge is 0.289 e. The quantitative estimate of drug-likeness (QED) is 0.414. The molecule has 0 spiro atoms. The van der Waals surface area contributed by atoms with Gasteiger partial charge in [0.2, 0.25) is 0 Å². The molecule has 50 valence electrons. The molecule has 0 atom stereocenters. The Bertz CT molecular complexity index is 355. The third kappa shape index (κ3) is 0.556. The standard InChI is InChI=1S/C6H5N3O/c10-9-4-8-2-5-1-7-3-6(5)9/h1-4,7H. The van der Waals surface area contributed by atoms with Gasteiger partial charge in [-0.15, -0.1) is 0 Å². The van der Waals surface area contributed by atoms with Gasteiger partial charge in [0.05, 0.1) is 5.39 Å². The van der Waals surface area contributed by atoms with Crippen molar-refractivity contribution in [3.63, 3.8) is 0 Å². The molecule has 4 nitrogen and oxygen atoms in total. The van der Waals surface area contributed by atoms with E-state index >= 15 is 0 Å². The fourth-order valence-corrected chi connectivity index (χ4v) is 0.898. The summed E-state index contributed by atoms with van der Waals surface area (Å²) in [5, 5.41) is 11.7. The van der Waals surface area contributed by atoms with Gasteiger partial charge in [-0.2, -0.15) is 0 Å². The summed E-state index contributed by atoms with van der Waals surface area (Å²) < 4.78 is 0.728. The van der Waals surface area contributed by atoms with Gasteiger partial charge >= 0.3 is 0 Å². The van der Waals surface area contributed by atoms with E-state index in [0.29, 0.717) is 5.52 Å². The maximum Gasteiger partial charge on any atom is 0.289 e. The highest BCUT2D eigenvalue weighted by Crippen LogP contribution is 2.03. The highest BCUT2D eigenvalue weighted by Gasteiger charge is 1.99. The fourth-order valence-electron chi connectivity index (χ4n) is 0.898. The normalized spacial score (nSPS) is 10.4. The summed E-state index contributed by atoms with van der Waals surface area (Å²) in [6.07, 6.45) is 6.25. The summed E-state index contributed by atoms with van der Waals surface area (Å²) in [4.78, 5) is 6.53. The molecule has 0 radical (unpaired) electrons. The molecule has 0 unspecified atom stereocenters. The van der Waals surface area contributed by atoms with Crippen LogP contribution in [0.3, 0.4) is 0 Å². The van der Waals surface area contributed by atoms with Crippen LogP contribution in [-0.2, 0) is 0 Å².